The zero-order valence-electron chi connectivity index (χ0n) is 23.9. The van der Waals surface area contributed by atoms with Gasteiger partial charge in [0.25, 0.3) is 6.47 Å². The molecular weight excluding hydrogens is 703 g/mol. The summed E-state index contributed by atoms with van der Waals surface area (Å²) in [6.45, 7) is 0.272. The predicted octanol–water partition coefficient (Wildman–Crippen LogP) is -7.59. The summed E-state index contributed by atoms with van der Waals surface area (Å²) in [7, 11) is -10.8. The summed E-state index contributed by atoms with van der Waals surface area (Å²) in [5.74, 6) is -0.324. The molecule has 3 aromatic carbocycles. The molecule has 0 spiro atoms. The zero-order valence-corrected chi connectivity index (χ0v) is 32.3. The van der Waals surface area contributed by atoms with Crippen molar-refractivity contribution in [2.45, 2.75) is 4.90 Å². The Bertz CT molecular complexity index is 1930. The molecule has 3 aromatic rings. The summed E-state index contributed by atoms with van der Waals surface area (Å²) < 4.78 is 88.6. The number of nitrogens with two attached hydrogens (primary N) is 1. The van der Waals surface area contributed by atoms with Gasteiger partial charge in [-0.25, -0.2) is 37.3 Å². The van der Waals surface area contributed by atoms with Crippen LogP contribution in [0.2, 0.25) is 0 Å². The average molecular weight is 718 g/mol. The number of hydrazone groups is 1. The van der Waals surface area contributed by atoms with E-state index >= 15 is 0 Å². The van der Waals surface area contributed by atoms with Crippen molar-refractivity contribution in [1.82, 2.24) is 0 Å². The molecule has 0 bridgehead atoms. The standard InChI is InChI=1S/C23H15N5O6S.3Na.2O3S/c24-22-18(27-25-15-7-9-16(10-8-15)35(31,32)33)11-5-14-6-12-19(23(30)21(14)22)28-26-17-3-1-2-4-20(17)34-13-29;;;;2*1-4(2)3/h1-4,6-11,13,26H,24H2,(H,31,32,33);;;;;/q-2;3*+1;;/p-1. The van der Waals surface area contributed by atoms with Crippen molar-refractivity contribution in [3.63, 3.8) is 0 Å². The van der Waals surface area contributed by atoms with Crippen molar-refractivity contribution in [2.24, 2.45) is 15.3 Å². The second-order valence-electron chi connectivity index (χ2n) is 7.33. The zero-order chi connectivity index (χ0) is 32.2. The largest absolute Gasteiger partial charge is 1.00 e. The Hall–Kier alpha value is -2.44. The fraction of sp³-hybridized carbons (Fsp3) is 0. The molecule has 23 heteroatoms. The van der Waals surface area contributed by atoms with E-state index in [0.717, 1.165) is 12.1 Å². The van der Waals surface area contributed by atoms with Gasteiger partial charge in [0.05, 0.1) is 22.1 Å². The predicted molar refractivity (Wildman–Crippen MR) is 144 cm³/mol. The molecule has 1 aliphatic rings. The number of carbonyl (C=O) groups is 2. The number of Topliss-reactive ketones (excluding diaryl/α,β-unsaturated/α-hetero) is 1. The molecule has 0 aliphatic heterocycles. The monoisotopic (exact) mass is 717 g/mol. The van der Waals surface area contributed by atoms with Gasteiger partial charge in [-0.05, 0) is 47.8 Å². The molecule has 17 nitrogen and oxygen atoms in total. The number of ether oxygens (including phenoxy) is 1. The average Bonchev–Trinajstić information content (AvgIpc) is 2.92. The van der Waals surface area contributed by atoms with Crippen molar-refractivity contribution in [3.8, 4) is 5.75 Å². The molecular formula is C23H14N5Na3O12S3. The summed E-state index contributed by atoms with van der Waals surface area (Å²) >= 11 is 0. The Labute approximate surface area is 330 Å². The first-order valence-electron chi connectivity index (χ1n) is 10.8. The number of rotatable bonds is 7. The molecule has 46 heavy (non-hydrogen) atoms. The molecule has 4 rings (SSSR count). The molecule has 0 saturated carbocycles. The number of nitrogens with one attached hydrogen (secondary N) is 1. The van der Waals surface area contributed by atoms with Crippen LogP contribution in [0.1, 0.15) is 15.9 Å². The number of allylic oxidation sites excluding steroid dienone is 1. The first-order chi connectivity index (χ1) is 20.2. The van der Waals surface area contributed by atoms with Gasteiger partial charge < -0.3 is 19.8 Å². The van der Waals surface area contributed by atoms with E-state index in [4.69, 9.17) is 35.7 Å². The minimum atomic E-state index is -4.58. The van der Waals surface area contributed by atoms with Crippen LogP contribution in [-0.4, -0.2) is 56.2 Å². The first kappa shape index (κ1) is 45.7. The van der Waals surface area contributed by atoms with E-state index in [9.17, 15) is 22.6 Å². The van der Waals surface area contributed by atoms with Crippen LogP contribution in [-0.2, 0) is 36.1 Å². The normalized spacial score (nSPS) is 11.8. The molecule has 0 radical (unpaired) electrons. The third-order valence-electron chi connectivity index (χ3n) is 4.72. The van der Waals surface area contributed by atoms with E-state index in [0.29, 0.717) is 11.3 Å². The summed E-state index contributed by atoms with van der Waals surface area (Å²) in [5, 5.41) is 12.0. The van der Waals surface area contributed by atoms with Crippen LogP contribution in [0.25, 0.3) is 6.08 Å². The number of anilines is 2. The molecule has 0 fully saturated rings. The minimum Gasteiger partial charge on any atom is -0.744 e. The second-order valence-corrected chi connectivity index (χ2v) is 9.53. The summed E-state index contributed by atoms with van der Waals surface area (Å²) in [5.41, 5.74) is 10.0. The van der Waals surface area contributed by atoms with Crippen LogP contribution < -0.4 is 105 Å². The molecule has 3 N–H and O–H groups in total. The number of hydrogen-bond acceptors (Lipinski definition) is 17. The van der Waals surface area contributed by atoms with E-state index in [1.807, 2.05) is 0 Å². The van der Waals surface area contributed by atoms with Gasteiger partial charge in [0.1, 0.15) is 10.1 Å². The Kier molecular flexibility index (Phi) is 22.0. The summed E-state index contributed by atoms with van der Waals surface area (Å²) in [6.07, 6.45) is 4.25. The Balaban J connectivity index is 0. The van der Waals surface area contributed by atoms with Crippen molar-refractivity contribution in [2.75, 3.05) is 11.2 Å². The van der Waals surface area contributed by atoms with Gasteiger partial charge in [-0.3, -0.25) is 10.2 Å². The molecule has 0 aromatic heterocycles. The third-order valence-corrected chi connectivity index (χ3v) is 5.57. The van der Waals surface area contributed by atoms with Gasteiger partial charge in [0, 0.05) is 5.69 Å². The topological polar surface area (TPSA) is 278 Å². The number of fused-ring (bicyclic) bond motifs is 1. The number of benzene rings is 3. The minimum absolute atomic E-state index is 0. The van der Waals surface area contributed by atoms with Crippen LogP contribution in [0, 0.1) is 12.1 Å². The van der Waals surface area contributed by atoms with Gasteiger partial charge in [-0.2, -0.15) is 10.2 Å². The van der Waals surface area contributed by atoms with Gasteiger partial charge in [-0.1, -0.05) is 12.1 Å². The molecule has 224 valence electrons. The van der Waals surface area contributed by atoms with E-state index in [2.05, 4.69) is 32.9 Å². The number of hydrogen-bond donors (Lipinski definition) is 2. The van der Waals surface area contributed by atoms with Crippen molar-refractivity contribution < 1.29 is 141 Å². The van der Waals surface area contributed by atoms with Crippen LogP contribution in [0.5, 0.6) is 5.75 Å². The molecule has 1 aliphatic carbocycles. The molecule has 0 atom stereocenters. The third kappa shape index (κ3) is 15.0. The quantitative estimate of drug-likeness (QED) is 0.0437. The maximum Gasteiger partial charge on any atom is 1.00 e. The van der Waals surface area contributed by atoms with Crippen LogP contribution in [0.4, 0.5) is 22.7 Å². The Morgan fingerprint density at radius 1 is 0.913 bits per heavy atom. The summed E-state index contributed by atoms with van der Waals surface area (Å²) in [4.78, 5) is 23.3. The van der Waals surface area contributed by atoms with Crippen LogP contribution in [0.3, 0.4) is 0 Å². The number of para-hydroxylation sites is 2. The van der Waals surface area contributed by atoms with Gasteiger partial charge >= 0.3 is 110 Å². The molecule has 0 amide bonds. The first-order valence-corrected chi connectivity index (χ1v) is 14.2. The number of azo groups is 1. The van der Waals surface area contributed by atoms with Gasteiger partial charge in [-0.15, -0.1) is 36.9 Å². The number of ketones is 1. The number of nitrogen functional groups attached to an aromatic ring is 1. The maximum atomic E-state index is 13.0. The SMILES string of the molecule is Nc1c(N=Nc2ccc(S(=O)(=O)[O-])cc2)c[c-]c2c1C(=O)C(=NNc1ccccc1OC=O)[C-]=C2.O=S(=O)=O.O=S(=O)=O.[Na+].[Na+].[Na+]. The van der Waals surface area contributed by atoms with Crippen molar-refractivity contribution in [3.05, 3.63) is 77.9 Å². The fourth-order valence-electron chi connectivity index (χ4n) is 3.04. The van der Waals surface area contributed by atoms with Gasteiger partial charge in [0.2, 0.25) is 0 Å². The maximum absolute atomic E-state index is 13.0. The smallest absolute Gasteiger partial charge is 0.744 e. The van der Waals surface area contributed by atoms with E-state index in [1.165, 1.54) is 24.3 Å². The Morgan fingerprint density at radius 2 is 1.48 bits per heavy atom. The van der Waals surface area contributed by atoms with E-state index < -0.39 is 42.0 Å². The summed E-state index contributed by atoms with van der Waals surface area (Å²) in [6, 6.07) is 15.7. The van der Waals surface area contributed by atoms with Crippen molar-refractivity contribution in [1.29, 1.82) is 0 Å². The fourth-order valence-corrected chi connectivity index (χ4v) is 3.51. The van der Waals surface area contributed by atoms with Gasteiger partial charge in [0.15, 0.2) is 5.75 Å². The van der Waals surface area contributed by atoms with E-state index in [1.54, 1.807) is 24.3 Å². The van der Waals surface area contributed by atoms with Crippen LogP contribution in [0.15, 0.2) is 74.8 Å². The molecule has 0 unspecified atom stereocenters. The van der Waals surface area contributed by atoms with Crippen LogP contribution >= 0.6 is 0 Å². The molecule has 0 saturated heterocycles. The second kappa shape index (κ2) is 22.2. The van der Waals surface area contributed by atoms with Crippen molar-refractivity contribution >= 4 is 78.1 Å². The Morgan fingerprint density at radius 3 is 2.02 bits per heavy atom. The number of nitrogens with zero attached hydrogens (tertiary/aromatic N) is 3. The number of carbonyl (C=O) groups excluding carboxylic acids is 2. The van der Waals surface area contributed by atoms with E-state index in [-0.39, 0.29) is 129 Å². The molecule has 0 heterocycles.